The van der Waals surface area contributed by atoms with Crippen LogP contribution in [0.4, 0.5) is 0 Å². The molecular formula is C28H31NO3. The zero-order valence-corrected chi connectivity index (χ0v) is 18.7. The van der Waals surface area contributed by atoms with E-state index in [2.05, 4.69) is 29.2 Å². The van der Waals surface area contributed by atoms with Crippen molar-refractivity contribution < 1.29 is 14.3 Å². The van der Waals surface area contributed by atoms with Gasteiger partial charge in [-0.3, -0.25) is 0 Å². The molecule has 166 valence electrons. The summed E-state index contributed by atoms with van der Waals surface area (Å²) in [6.45, 7) is 3.03. The van der Waals surface area contributed by atoms with Gasteiger partial charge in [0.25, 0.3) is 0 Å². The first kappa shape index (κ1) is 22.1. The van der Waals surface area contributed by atoms with E-state index < -0.39 is 6.10 Å². The molecule has 0 amide bonds. The normalized spacial score (nSPS) is 16.2. The largest absolute Gasteiger partial charge is 0.497 e. The topological polar surface area (TPSA) is 38.8 Å². The van der Waals surface area contributed by atoms with Crippen LogP contribution in [0.3, 0.4) is 0 Å². The Morgan fingerprint density at radius 2 is 1.44 bits per heavy atom. The van der Waals surface area contributed by atoms with Gasteiger partial charge < -0.3 is 14.4 Å². The molecule has 2 unspecified atom stereocenters. The second-order valence-corrected chi connectivity index (χ2v) is 8.34. The van der Waals surface area contributed by atoms with Gasteiger partial charge in [0.1, 0.15) is 11.9 Å². The lowest BCUT2D eigenvalue weighted by Gasteiger charge is -2.34. The third-order valence-electron chi connectivity index (χ3n) is 6.18. The average molecular weight is 430 g/mol. The van der Waals surface area contributed by atoms with Crippen LogP contribution in [0.15, 0.2) is 84.9 Å². The minimum atomic E-state index is -0.405. The van der Waals surface area contributed by atoms with Gasteiger partial charge in [-0.2, -0.15) is 0 Å². The number of esters is 1. The Morgan fingerprint density at radius 3 is 2.06 bits per heavy atom. The van der Waals surface area contributed by atoms with Crippen molar-refractivity contribution in [2.45, 2.75) is 31.3 Å². The van der Waals surface area contributed by atoms with Crippen LogP contribution in [0.25, 0.3) is 0 Å². The van der Waals surface area contributed by atoms with Crippen LogP contribution >= 0.6 is 0 Å². The SMILES string of the molecule is COc1ccc(C(OC(=O)c2ccccc2)C(CN2CCCCC2)c2ccccc2)cc1. The van der Waals surface area contributed by atoms with E-state index in [0.29, 0.717) is 5.56 Å². The number of piperidine rings is 1. The minimum Gasteiger partial charge on any atom is -0.497 e. The first-order chi connectivity index (χ1) is 15.7. The van der Waals surface area contributed by atoms with Gasteiger partial charge in [-0.1, -0.05) is 67.1 Å². The van der Waals surface area contributed by atoms with Crippen molar-refractivity contribution in [1.29, 1.82) is 0 Å². The third-order valence-corrected chi connectivity index (χ3v) is 6.18. The number of ether oxygens (including phenoxy) is 2. The summed E-state index contributed by atoms with van der Waals surface area (Å²) >= 11 is 0. The number of carbonyl (C=O) groups is 1. The number of hydrogen-bond donors (Lipinski definition) is 0. The Morgan fingerprint density at radius 1 is 0.812 bits per heavy atom. The Labute approximate surface area is 190 Å². The van der Waals surface area contributed by atoms with Crippen LogP contribution in [0.5, 0.6) is 5.75 Å². The molecule has 1 heterocycles. The fourth-order valence-electron chi connectivity index (χ4n) is 4.43. The fourth-order valence-corrected chi connectivity index (χ4v) is 4.43. The highest BCUT2D eigenvalue weighted by Crippen LogP contribution is 2.37. The number of rotatable bonds is 8. The van der Waals surface area contributed by atoms with Gasteiger partial charge in [0.2, 0.25) is 0 Å². The maximum absolute atomic E-state index is 13.1. The highest BCUT2D eigenvalue weighted by molar-refractivity contribution is 5.89. The summed E-state index contributed by atoms with van der Waals surface area (Å²) < 4.78 is 11.6. The van der Waals surface area contributed by atoms with E-state index >= 15 is 0 Å². The molecule has 0 bridgehead atoms. The van der Waals surface area contributed by atoms with Gasteiger partial charge in [0.15, 0.2) is 0 Å². The number of hydrogen-bond acceptors (Lipinski definition) is 4. The minimum absolute atomic E-state index is 0.0235. The van der Waals surface area contributed by atoms with E-state index in [1.165, 1.54) is 24.8 Å². The molecule has 0 spiro atoms. The highest BCUT2D eigenvalue weighted by Gasteiger charge is 2.31. The summed E-state index contributed by atoms with van der Waals surface area (Å²) in [6, 6.07) is 27.5. The van der Waals surface area contributed by atoms with Crippen LogP contribution in [0.2, 0.25) is 0 Å². The number of carbonyl (C=O) groups excluding carboxylic acids is 1. The van der Waals surface area contributed by atoms with Crippen molar-refractivity contribution in [3.63, 3.8) is 0 Å². The van der Waals surface area contributed by atoms with Crippen LogP contribution in [-0.2, 0) is 4.74 Å². The maximum atomic E-state index is 13.1. The van der Waals surface area contributed by atoms with E-state index in [1.807, 2.05) is 48.5 Å². The Bertz CT molecular complexity index is 967. The molecule has 2 atom stereocenters. The predicted molar refractivity (Wildman–Crippen MR) is 127 cm³/mol. The quantitative estimate of drug-likeness (QED) is 0.420. The lowest BCUT2D eigenvalue weighted by molar-refractivity contribution is 0.0179. The van der Waals surface area contributed by atoms with Crippen molar-refractivity contribution in [2.75, 3.05) is 26.7 Å². The van der Waals surface area contributed by atoms with E-state index in [1.54, 1.807) is 19.2 Å². The van der Waals surface area contributed by atoms with Gasteiger partial charge in [-0.25, -0.2) is 4.79 Å². The lowest BCUT2D eigenvalue weighted by Crippen LogP contribution is -2.36. The zero-order chi connectivity index (χ0) is 22.2. The van der Waals surface area contributed by atoms with Crippen molar-refractivity contribution in [1.82, 2.24) is 4.90 Å². The first-order valence-corrected chi connectivity index (χ1v) is 11.4. The lowest BCUT2D eigenvalue weighted by atomic mass is 9.87. The Kier molecular flexibility index (Phi) is 7.57. The number of benzene rings is 3. The molecule has 0 aromatic heterocycles. The first-order valence-electron chi connectivity index (χ1n) is 11.4. The van der Waals surface area contributed by atoms with E-state index in [0.717, 1.165) is 30.9 Å². The molecule has 1 saturated heterocycles. The molecule has 4 rings (SSSR count). The second kappa shape index (κ2) is 11.0. The zero-order valence-electron chi connectivity index (χ0n) is 18.7. The molecule has 32 heavy (non-hydrogen) atoms. The summed E-state index contributed by atoms with van der Waals surface area (Å²) in [4.78, 5) is 15.6. The van der Waals surface area contributed by atoms with E-state index in [4.69, 9.17) is 9.47 Å². The summed E-state index contributed by atoms with van der Waals surface area (Å²) in [7, 11) is 1.66. The summed E-state index contributed by atoms with van der Waals surface area (Å²) in [5.41, 5.74) is 2.72. The standard InChI is InChI=1S/C28H31NO3/c1-31-25-17-15-23(16-18-25)27(32-28(30)24-13-7-3-8-14-24)26(22-11-5-2-6-12-22)21-29-19-9-4-10-20-29/h2-3,5-8,11-18,26-27H,4,9-10,19-21H2,1H3. The fraction of sp³-hybridized carbons (Fsp3) is 0.321. The van der Waals surface area contributed by atoms with Crippen LogP contribution in [0.1, 0.15) is 52.8 Å². The molecular weight excluding hydrogens is 398 g/mol. The van der Waals surface area contributed by atoms with Crippen molar-refractivity contribution in [2.24, 2.45) is 0 Å². The molecule has 0 aliphatic carbocycles. The predicted octanol–water partition coefficient (Wildman–Crippen LogP) is 5.86. The van der Waals surface area contributed by atoms with Crippen LogP contribution in [0, 0.1) is 0 Å². The molecule has 3 aromatic rings. The van der Waals surface area contributed by atoms with E-state index in [9.17, 15) is 4.79 Å². The third kappa shape index (κ3) is 5.57. The van der Waals surface area contributed by atoms with Gasteiger partial charge >= 0.3 is 5.97 Å². The van der Waals surface area contributed by atoms with Gasteiger partial charge in [-0.15, -0.1) is 0 Å². The average Bonchev–Trinajstić information content (AvgIpc) is 2.88. The molecule has 1 aliphatic rings. The summed E-state index contributed by atoms with van der Waals surface area (Å²) in [5.74, 6) is 0.510. The number of likely N-dealkylation sites (tertiary alicyclic amines) is 1. The van der Waals surface area contributed by atoms with Crippen molar-refractivity contribution in [3.05, 3.63) is 102 Å². The maximum Gasteiger partial charge on any atom is 0.338 e. The van der Waals surface area contributed by atoms with E-state index in [-0.39, 0.29) is 11.9 Å². The van der Waals surface area contributed by atoms with Gasteiger partial charge in [0.05, 0.1) is 12.7 Å². The molecule has 0 radical (unpaired) electrons. The molecule has 4 nitrogen and oxygen atoms in total. The van der Waals surface area contributed by atoms with Crippen LogP contribution in [-0.4, -0.2) is 37.6 Å². The molecule has 3 aromatic carbocycles. The molecule has 4 heteroatoms. The molecule has 0 saturated carbocycles. The Hall–Kier alpha value is -3.11. The van der Waals surface area contributed by atoms with Crippen molar-refractivity contribution in [3.8, 4) is 5.75 Å². The Balaban J connectivity index is 1.69. The number of methoxy groups -OCH3 is 1. The van der Waals surface area contributed by atoms with Crippen molar-refractivity contribution >= 4 is 5.97 Å². The van der Waals surface area contributed by atoms with Gasteiger partial charge in [0, 0.05) is 12.5 Å². The molecule has 1 fully saturated rings. The smallest absolute Gasteiger partial charge is 0.338 e. The highest BCUT2D eigenvalue weighted by atomic mass is 16.5. The van der Waals surface area contributed by atoms with Gasteiger partial charge in [-0.05, 0) is 61.3 Å². The second-order valence-electron chi connectivity index (χ2n) is 8.34. The summed E-state index contributed by atoms with van der Waals surface area (Å²) in [6.07, 6.45) is 3.33. The monoisotopic (exact) mass is 429 g/mol. The number of nitrogens with zero attached hydrogens (tertiary/aromatic N) is 1. The molecule has 0 N–H and O–H groups in total. The van der Waals surface area contributed by atoms with Crippen LogP contribution < -0.4 is 4.74 Å². The summed E-state index contributed by atoms with van der Waals surface area (Å²) in [5, 5.41) is 0. The molecule has 1 aliphatic heterocycles.